The summed E-state index contributed by atoms with van der Waals surface area (Å²) in [5, 5.41) is 14.4. The first-order valence-corrected chi connectivity index (χ1v) is 8.51. The van der Waals surface area contributed by atoms with Crippen molar-refractivity contribution >= 4 is 12.0 Å². The third kappa shape index (κ3) is 6.57. The minimum atomic E-state index is -0.797. The fourth-order valence-electron chi connectivity index (χ4n) is 2.36. The number of alkyl carbamates (subject to hydrolysis) is 1. The van der Waals surface area contributed by atoms with Crippen molar-refractivity contribution in [3.8, 4) is 0 Å². The summed E-state index contributed by atoms with van der Waals surface area (Å²) >= 11 is 0. The van der Waals surface area contributed by atoms with E-state index in [1.807, 2.05) is 60.7 Å². The predicted molar refractivity (Wildman–Crippen MR) is 98.4 cm³/mol. The van der Waals surface area contributed by atoms with Gasteiger partial charge in [-0.1, -0.05) is 60.7 Å². The Balaban J connectivity index is 1.97. The van der Waals surface area contributed by atoms with Crippen LogP contribution in [-0.4, -0.2) is 35.8 Å². The summed E-state index contributed by atoms with van der Waals surface area (Å²) in [6, 6.07) is 17.5. The van der Waals surface area contributed by atoms with Crippen molar-refractivity contribution in [1.29, 1.82) is 0 Å². The van der Waals surface area contributed by atoms with Crippen LogP contribution in [0.3, 0.4) is 0 Å². The van der Waals surface area contributed by atoms with Crippen molar-refractivity contribution in [3.05, 3.63) is 71.8 Å². The van der Waals surface area contributed by atoms with Gasteiger partial charge in [-0.3, -0.25) is 4.79 Å². The molecule has 2 aromatic carbocycles. The molecule has 2 rings (SSSR count). The minimum Gasteiger partial charge on any atom is -0.445 e. The van der Waals surface area contributed by atoms with Crippen LogP contribution in [0.4, 0.5) is 4.79 Å². The maximum absolute atomic E-state index is 12.4. The Morgan fingerprint density at radius 2 is 1.54 bits per heavy atom. The lowest BCUT2D eigenvalue weighted by molar-refractivity contribution is -0.123. The second kappa shape index (κ2) is 10.2. The minimum absolute atomic E-state index is 0.124. The highest BCUT2D eigenvalue weighted by Gasteiger charge is 2.23. The predicted octanol–water partition coefficient (Wildman–Crippen LogP) is 2.02. The third-order valence-electron chi connectivity index (χ3n) is 3.77. The van der Waals surface area contributed by atoms with Crippen LogP contribution in [0.15, 0.2) is 60.7 Å². The van der Waals surface area contributed by atoms with Gasteiger partial charge in [0.1, 0.15) is 12.6 Å². The molecule has 0 aliphatic rings. The van der Waals surface area contributed by atoms with Crippen LogP contribution < -0.4 is 10.6 Å². The summed E-state index contributed by atoms with van der Waals surface area (Å²) in [6.07, 6.45) is -0.341. The molecule has 0 aromatic heterocycles. The van der Waals surface area contributed by atoms with Crippen LogP contribution in [0, 0.1) is 0 Å². The summed E-state index contributed by atoms with van der Waals surface area (Å²) in [5.41, 5.74) is 1.77. The van der Waals surface area contributed by atoms with E-state index in [9.17, 15) is 9.59 Å². The van der Waals surface area contributed by atoms with E-state index in [-0.39, 0.29) is 19.1 Å². The average molecular weight is 356 g/mol. The molecule has 0 aliphatic heterocycles. The number of aliphatic hydroxyl groups is 1. The maximum Gasteiger partial charge on any atom is 0.408 e. The molecular weight excluding hydrogens is 332 g/mol. The third-order valence-corrected chi connectivity index (χ3v) is 3.77. The lowest BCUT2D eigenvalue weighted by Gasteiger charge is -2.20. The number of amides is 2. The Kier molecular flexibility index (Phi) is 7.64. The van der Waals surface area contributed by atoms with Crippen molar-refractivity contribution in [1.82, 2.24) is 10.6 Å². The second-order valence-corrected chi connectivity index (χ2v) is 6.04. The summed E-state index contributed by atoms with van der Waals surface area (Å²) in [4.78, 5) is 24.5. The van der Waals surface area contributed by atoms with Crippen molar-refractivity contribution in [2.24, 2.45) is 0 Å². The molecule has 0 fully saturated rings. The number of carbonyl (C=O) groups is 2. The molecule has 138 valence electrons. The van der Waals surface area contributed by atoms with Crippen LogP contribution in [-0.2, 0) is 22.6 Å². The van der Waals surface area contributed by atoms with E-state index in [2.05, 4.69) is 10.6 Å². The van der Waals surface area contributed by atoms with E-state index < -0.39 is 18.2 Å². The molecule has 2 amide bonds. The van der Waals surface area contributed by atoms with Gasteiger partial charge in [0.2, 0.25) is 5.91 Å². The van der Waals surface area contributed by atoms with Gasteiger partial charge >= 0.3 is 6.09 Å². The molecule has 2 atom stereocenters. The Hall–Kier alpha value is -2.86. The highest BCUT2D eigenvalue weighted by atomic mass is 16.5. The van der Waals surface area contributed by atoms with Crippen molar-refractivity contribution in [3.63, 3.8) is 0 Å². The molecule has 2 aromatic rings. The van der Waals surface area contributed by atoms with E-state index in [4.69, 9.17) is 9.84 Å². The molecule has 0 saturated carbocycles. The van der Waals surface area contributed by atoms with Crippen molar-refractivity contribution in [2.75, 3.05) is 6.61 Å². The lowest BCUT2D eigenvalue weighted by atomic mass is 10.1. The second-order valence-electron chi connectivity index (χ2n) is 6.04. The normalized spacial score (nSPS) is 12.7. The number of benzene rings is 2. The quantitative estimate of drug-likeness (QED) is 0.675. The van der Waals surface area contributed by atoms with Gasteiger partial charge in [-0.2, -0.15) is 0 Å². The number of rotatable bonds is 8. The van der Waals surface area contributed by atoms with Crippen molar-refractivity contribution in [2.45, 2.75) is 32.0 Å². The van der Waals surface area contributed by atoms with E-state index in [0.29, 0.717) is 6.42 Å². The van der Waals surface area contributed by atoms with Crippen LogP contribution in [0.2, 0.25) is 0 Å². The number of hydrogen-bond donors (Lipinski definition) is 3. The Labute approximate surface area is 153 Å². The van der Waals surface area contributed by atoms with Gasteiger partial charge in [-0.05, 0) is 18.1 Å². The number of hydrogen-bond acceptors (Lipinski definition) is 4. The summed E-state index contributed by atoms with van der Waals surface area (Å²) in [5.74, 6) is -0.368. The van der Waals surface area contributed by atoms with Gasteiger partial charge in [0, 0.05) is 12.5 Å². The molecule has 26 heavy (non-hydrogen) atoms. The molecule has 0 bridgehead atoms. The molecule has 0 spiro atoms. The topological polar surface area (TPSA) is 87.7 Å². The molecule has 0 radical (unpaired) electrons. The van der Waals surface area contributed by atoms with E-state index >= 15 is 0 Å². The maximum atomic E-state index is 12.4. The van der Waals surface area contributed by atoms with E-state index in [1.54, 1.807) is 6.92 Å². The zero-order valence-electron chi connectivity index (χ0n) is 14.7. The molecule has 0 aliphatic carbocycles. The largest absolute Gasteiger partial charge is 0.445 e. The molecule has 0 saturated heterocycles. The first-order chi connectivity index (χ1) is 12.6. The van der Waals surface area contributed by atoms with Crippen LogP contribution in [0.25, 0.3) is 0 Å². The van der Waals surface area contributed by atoms with Crippen LogP contribution >= 0.6 is 0 Å². The molecule has 0 heterocycles. The summed E-state index contributed by atoms with van der Waals surface area (Å²) in [7, 11) is 0. The SMILES string of the molecule is C[C@H](CO)NC(=O)[C@H](Cc1ccccc1)NC(=O)OCc1ccccc1. The first kappa shape index (κ1) is 19.5. The summed E-state index contributed by atoms with van der Waals surface area (Å²) in [6.45, 7) is 1.63. The van der Waals surface area contributed by atoms with Gasteiger partial charge in [-0.15, -0.1) is 0 Å². The van der Waals surface area contributed by atoms with Crippen LogP contribution in [0.5, 0.6) is 0 Å². The molecule has 3 N–H and O–H groups in total. The number of carbonyl (C=O) groups excluding carboxylic acids is 2. The highest BCUT2D eigenvalue weighted by Crippen LogP contribution is 2.05. The smallest absolute Gasteiger partial charge is 0.408 e. The van der Waals surface area contributed by atoms with Crippen LogP contribution in [0.1, 0.15) is 18.1 Å². The molecule has 0 unspecified atom stereocenters. The number of aliphatic hydroxyl groups excluding tert-OH is 1. The molecule has 6 nitrogen and oxygen atoms in total. The molecular formula is C20H24N2O4. The van der Waals surface area contributed by atoms with E-state index in [1.165, 1.54) is 0 Å². The zero-order chi connectivity index (χ0) is 18.8. The first-order valence-electron chi connectivity index (χ1n) is 8.51. The van der Waals surface area contributed by atoms with Gasteiger partial charge < -0.3 is 20.5 Å². The summed E-state index contributed by atoms with van der Waals surface area (Å²) < 4.78 is 5.20. The number of ether oxygens (including phenoxy) is 1. The average Bonchev–Trinajstić information content (AvgIpc) is 2.67. The number of nitrogens with one attached hydrogen (secondary N) is 2. The van der Waals surface area contributed by atoms with E-state index in [0.717, 1.165) is 11.1 Å². The lowest BCUT2D eigenvalue weighted by Crippen LogP contribution is -2.50. The van der Waals surface area contributed by atoms with Gasteiger partial charge in [0.15, 0.2) is 0 Å². The Morgan fingerprint density at radius 3 is 2.12 bits per heavy atom. The standard InChI is InChI=1S/C20H24N2O4/c1-15(13-23)21-19(24)18(12-16-8-4-2-5-9-16)22-20(25)26-14-17-10-6-3-7-11-17/h2-11,15,18,23H,12-14H2,1H3,(H,21,24)(H,22,25)/t15-,18+/m1/s1. The van der Waals surface area contributed by atoms with Gasteiger partial charge in [-0.25, -0.2) is 4.79 Å². The fraction of sp³-hybridized carbons (Fsp3) is 0.300. The Bertz CT molecular complexity index is 691. The molecule has 6 heteroatoms. The fourth-order valence-corrected chi connectivity index (χ4v) is 2.36. The van der Waals surface area contributed by atoms with Gasteiger partial charge in [0.05, 0.1) is 6.61 Å². The zero-order valence-corrected chi connectivity index (χ0v) is 14.7. The monoisotopic (exact) mass is 356 g/mol. The Morgan fingerprint density at radius 1 is 0.962 bits per heavy atom. The van der Waals surface area contributed by atoms with Crippen molar-refractivity contribution < 1.29 is 19.4 Å². The van der Waals surface area contributed by atoms with Gasteiger partial charge in [0.25, 0.3) is 0 Å². The highest BCUT2D eigenvalue weighted by molar-refractivity contribution is 5.86.